The molecule has 0 radical (unpaired) electrons. The first-order valence-corrected chi connectivity index (χ1v) is 9.51. The number of benzene rings is 1. The predicted molar refractivity (Wildman–Crippen MR) is 108 cm³/mol. The smallest absolute Gasteiger partial charge is 0.251 e. The topological polar surface area (TPSA) is 90.0 Å². The Labute approximate surface area is 166 Å². The highest BCUT2D eigenvalue weighted by molar-refractivity contribution is 7.16. The number of halogens is 1. The zero-order valence-corrected chi connectivity index (χ0v) is 16.9. The molecule has 28 heavy (non-hydrogen) atoms. The van der Waals surface area contributed by atoms with Crippen LogP contribution in [-0.4, -0.2) is 21.6 Å². The first kappa shape index (κ1) is 19.8. The summed E-state index contributed by atoms with van der Waals surface area (Å²) in [5, 5.41) is 7.75. The summed E-state index contributed by atoms with van der Waals surface area (Å²) >= 11 is 1.33. The van der Waals surface area contributed by atoms with Crippen LogP contribution in [0.3, 0.4) is 0 Å². The summed E-state index contributed by atoms with van der Waals surface area (Å²) in [6, 6.07) is 6.00. The van der Waals surface area contributed by atoms with Crippen molar-refractivity contribution >= 4 is 28.2 Å². The van der Waals surface area contributed by atoms with E-state index in [4.69, 9.17) is 5.73 Å². The third-order valence-corrected chi connectivity index (χ3v) is 5.86. The molecule has 3 N–H and O–H groups in total. The summed E-state index contributed by atoms with van der Waals surface area (Å²) in [5.74, 6) is -1.14. The quantitative estimate of drug-likeness (QED) is 0.686. The van der Waals surface area contributed by atoms with Crippen LogP contribution < -0.4 is 11.1 Å². The van der Waals surface area contributed by atoms with Crippen LogP contribution in [0.15, 0.2) is 24.3 Å². The zero-order chi connectivity index (χ0) is 20.6. The van der Waals surface area contributed by atoms with Crippen LogP contribution in [0.5, 0.6) is 0 Å². The number of hydrogen-bond donors (Lipinski definition) is 2. The number of hydrogen-bond acceptors (Lipinski definition) is 4. The van der Waals surface area contributed by atoms with Crippen LogP contribution in [-0.2, 0) is 11.2 Å². The molecule has 2 amide bonds. The van der Waals surface area contributed by atoms with Gasteiger partial charge in [-0.25, -0.2) is 9.07 Å². The van der Waals surface area contributed by atoms with Crippen LogP contribution in [0.4, 0.5) is 9.39 Å². The minimum absolute atomic E-state index is 0.104. The lowest BCUT2D eigenvalue weighted by Gasteiger charge is -2.07. The maximum absolute atomic E-state index is 13.2. The fourth-order valence-corrected chi connectivity index (χ4v) is 4.19. The van der Waals surface area contributed by atoms with E-state index in [-0.39, 0.29) is 18.1 Å². The first-order chi connectivity index (χ1) is 13.2. The summed E-state index contributed by atoms with van der Waals surface area (Å²) in [6.07, 6.45) is 0.104. The lowest BCUT2D eigenvalue weighted by molar-refractivity contribution is -0.115. The van der Waals surface area contributed by atoms with Gasteiger partial charge in [-0.05, 0) is 57.5 Å². The molecular weight excluding hydrogens is 379 g/mol. The van der Waals surface area contributed by atoms with Crippen LogP contribution in [0, 0.1) is 33.5 Å². The van der Waals surface area contributed by atoms with Crippen LogP contribution in [0.1, 0.15) is 37.7 Å². The number of rotatable bonds is 5. The highest BCUT2D eigenvalue weighted by atomic mass is 32.1. The molecule has 0 aliphatic rings. The van der Waals surface area contributed by atoms with Gasteiger partial charge >= 0.3 is 0 Å². The molecule has 146 valence electrons. The van der Waals surface area contributed by atoms with E-state index >= 15 is 0 Å². The zero-order valence-electron chi connectivity index (χ0n) is 16.1. The number of nitrogens with two attached hydrogens (primary N) is 1. The van der Waals surface area contributed by atoms with Gasteiger partial charge < -0.3 is 11.1 Å². The van der Waals surface area contributed by atoms with E-state index in [1.807, 2.05) is 27.7 Å². The molecule has 0 atom stereocenters. The highest BCUT2D eigenvalue weighted by Crippen LogP contribution is 2.32. The van der Waals surface area contributed by atoms with E-state index in [1.165, 1.54) is 23.5 Å². The normalized spacial score (nSPS) is 10.9. The fourth-order valence-electron chi connectivity index (χ4n) is 3.11. The average molecular weight is 400 g/mol. The number of carbonyl (C=O) groups is 2. The number of carbonyl (C=O) groups excluding carboxylic acids is 2. The van der Waals surface area contributed by atoms with E-state index in [1.54, 1.807) is 16.8 Å². The Balaban J connectivity index is 1.85. The molecule has 2 aromatic heterocycles. The highest BCUT2D eigenvalue weighted by Gasteiger charge is 2.21. The minimum atomic E-state index is -0.561. The van der Waals surface area contributed by atoms with Crippen molar-refractivity contribution in [3.05, 3.63) is 63.0 Å². The molecule has 0 saturated carbocycles. The number of aromatic nitrogens is 2. The van der Waals surface area contributed by atoms with Gasteiger partial charge in [0.2, 0.25) is 5.91 Å². The Morgan fingerprint density at radius 3 is 2.43 bits per heavy atom. The summed E-state index contributed by atoms with van der Waals surface area (Å²) in [5.41, 5.74) is 9.61. The molecule has 8 heteroatoms. The van der Waals surface area contributed by atoms with Crippen LogP contribution in [0.25, 0.3) is 5.69 Å². The molecule has 0 aliphatic heterocycles. The van der Waals surface area contributed by atoms with Crippen molar-refractivity contribution in [2.75, 3.05) is 5.32 Å². The van der Waals surface area contributed by atoms with E-state index in [2.05, 4.69) is 10.4 Å². The Kier molecular flexibility index (Phi) is 5.33. The van der Waals surface area contributed by atoms with Crippen molar-refractivity contribution in [2.24, 2.45) is 5.73 Å². The van der Waals surface area contributed by atoms with E-state index in [0.29, 0.717) is 21.9 Å². The van der Waals surface area contributed by atoms with Gasteiger partial charge in [-0.1, -0.05) is 0 Å². The van der Waals surface area contributed by atoms with Gasteiger partial charge in [0.1, 0.15) is 10.8 Å². The molecule has 0 bridgehead atoms. The molecular formula is C20H21FN4O2S. The van der Waals surface area contributed by atoms with Gasteiger partial charge in [-0.2, -0.15) is 5.10 Å². The van der Waals surface area contributed by atoms with Gasteiger partial charge in [0.15, 0.2) is 0 Å². The van der Waals surface area contributed by atoms with Crippen molar-refractivity contribution in [1.82, 2.24) is 9.78 Å². The van der Waals surface area contributed by atoms with Gasteiger partial charge in [-0.15, -0.1) is 11.3 Å². The van der Waals surface area contributed by atoms with E-state index in [9.17, 15) is 14.0 Å². The second-order valence-corrected chi connectivity index (χ2v) is 7.84. The van der Waals surface area contributed by atoms with Crippen molar-refractivity contribution in [1.29, 1.82) is 0 Å². The Morgan fingerprint density at radius 1 is 1.18 bits per heavy atom. The molecule has 2 heterocycles. The van der Waals surface area contributed by atoms with Crippen molar-refractivity contribution in [3.63, 3.8) is 0 Å². The first-order valence-electron chi connectivity index (χ1n) is 8.69. The van der Waals surface area contributed by atoms with Gasteiger partial charge in [-0.3, -0.25) is 9.59 Å². The average Bonchev–Trinajstić information content (AvgIpc) is 3.06. The molecule has 0 spiro atoms. The molecule has 3 rings (SSSR count). The van der Waals surface area contributed by atoms with Crippen molar-refractivity contribution in [2.45, 2.75) is 34.1 Å². The maximum Gasteiger partial charge on any atom is 0.251 e. The number of aryl methyl sites for hydroxylation is 2. The summed E-state index contributed by atoms with van der Waals surface area (Å²) in [7, 11) is 0. The Hall–Kier alpha value is -3.00. The van der Waals surface area contributed by atoms with Gasteiger partial charge in [0.05, 0.1) is 23.4 Å². The van der Waals surface area contributed by atoms with Crippen molar-refractivity contribution < 1.29 is 14.0 Å². The molecule has 3 aromatic rings. The fraction of sp³-hybridized carbons (Fsp3) is 0.250. The van der Waals surface area contributed by atoms with Crippen LogP contribution >= 0.6 is 11.3 Å². The number of amides is 2. The lowest BCUT2D eigenvalue weighted by Crippen LogP contribution is -2.19. The van der Waals surface area contributed by atoms with Crippen molar-refractivity contribution in [3.8, 4) is 5.69 Å². The van der Waals surface area contributed by atoms with Gasteiger partial charge in [0.25, 0.3) is 5.91 Å². The SMILES string of the molecule is Cc1nn(-c2ccc(F)cc2)c(C)c1CC(=O)Nc1sc(C)c(C)c1C(N)=O. The molecule has 0 aliphatic carbocycles. The number of nitrogens with one attached hydrogen (secondary N) is 1. The monoisotopic (exact) mass is 400 g/mol. The summed E-state index contributed by atoms with van der Waals surface area (Å²) < 4.78 is 14.9. The molecule has 0 saturated heterocycles. The number of thiophene rings is 1. The predicted octanol–water partition coefficient (Wildman–Crippen LogP) is 3.59. The lowest BCUT2D eigenvalue weighted by atomic mass is 10.1. The van der Waals surface area contributed by atoms with E-state index in [0.717, 1.165) is 21.7 Å². The van der Waals surface area contributed by atoms with E-state index < -0.39 is 5.91 Å². The molecule has 1 aromatic carbocycles. The third-order valence-electron chi connectivity index (χ3n) is 4.73. The standard InChI is InChI=1S/C20H21FN4O2S/c1-10-13(4)28-20(18(10)19(22)27)23-17(26)9-16-11(2)24-25(12(16)3)15-7-5-14(21)6-8-15/h5-8H,9H2,1-4H3,(H2,22,27)(H,23,26). The molecule has 0 unspecified atom stereocenters. The number of nitrogens with zero attached hydrogens (tertiary/aromatic N) is 2. The largest absolute Gasteiger partial charge is 0.365 e. The Morgan fingerprint density at radius 2 is 1.82 bits per heavy atom. The number of anilines is 1. The van der Waals surface area contributed by atoms with Crippen LogP contribution in [0.2, 0.25) is 0 Å². The third kappa shape index (κ3) is 3.68. The number of primary amides is 1. The molecule has 6 nitrogen and oxygen atoms in total. The minimum Gasteiger partial charge on any atom is -0.365 e. The van der Waals surface area contributed by atoms with Gasteiger partial charge in [0, 0.05) is 16.1 Å². The Bertz CT molecular complexity index is 1070. The maximum atomic E-state index is 13.2. The molecule has 0 fully saturated rings. The summed E-state index contributed by atoms with van der Waals surface area (Å²) in [4.78, 5) is 25.3. The second-order valence-electron chi connectivity index (χ2n) is 6.61. The second kappa shape index (κ2) is 7.55. The summed E-state index contributed by atoms with van der Waals surface area (Å²) in [6.45, 7) is 7.37.